The van der Waals surface area contributed by atoms with Crippen molar-refractivity contribution in [1.29, 1.82) is 5.26 Å². The van der Waals surface area contributed by atoms with E-state index in [4.69, 9.17) is 5.73 Å². The van der Waals surface area contributed by atoms with Gasteiger partial charge in [-0.2, -0.15) is 16.6 Å². The summed E-state index contributed by atoms with van der Waals surface area (Å²) >= 11 is 4.95. The lowest BCUT2D eigenvalue weighted by atomic mass is 9.69. The number of rotatable bonds is 2. The zero-order valence-electron chi connectivity index (χ0n) is 15.6. The summed E-state index contributed by atoms with van der Waals surface area (Å²) in [5.41, 5.74) is 9.20. The molecule has 2 aliphatic rings. The monoisotopic (exact) mass is 454 g/mol. The Morgan fingerprint density at radius 2 is 2.14 bits per heavy atom. The molecule has 28 heavy (non-hydrogen) atoms. The molecule has 0 bridgehead atoms. The van der Waals surface area contributed by atoms with Crippen LogP contribution in [0.25, 0.3) is 0 Å². The molecule has 0 radical (unpaired) electrons. The van der Waals surface area contributed by atoms with Crippen LogP contribution in [0.1, 0.15) is 38.2 Å². The first kappa shape index (κ1) is 18.9. The van der Waals surface area contributed by atoms with E-state index >= 15 is 0 Å². The third-order valence-electron chi connectivity index (χ3n) is 5.20. The molecule has 0 amide bonds. The van der Waals surface area contributed by atoms with Gasteiger partial charge in [-0.1, -0.05) is 13.8 Å². The summed E-state index contributed by atoms with van der Waals surface area (Å²) in [4.78, 5) is 19.5. The molecule has 0 fully saturated rings. The lowest BCUT2D eigenvalue weighted by Crippen LogP contribution is -2.42. The Morgan fingerprint density at radius 1 is 1.36 bits per heavy atom. The van der Waals surface area contributed by atoms with Gasteiger partial charge in [-0.15, -0.1) is 0 Å². The second-order valence-electron chi connectivity index (χ2n) is 7.87. The highest BCUT2D eigenvalue weighted by Gasteiger charge is 2.45. The number of halogens is 1. The van der Waals surface area contributed by atoms with Gasteiger partial charge >= 0.3 is 0 Å². The van der Waals surface area contributed by atoms with E-state index in [0.717, 1.165) is 15.7 Å². The van der Waals surface area contributed by atoms with Gasteiger partial charge in [0, 0.05) is 28.4 Å². The highest BCUT2D eigenvalue weighted by Crippen LogP contribution is 2.50. The lowest BCUT2D eigenvalue weighted by Gasteiger charge is -2.43. The molecule has 2 aromatic rings. The second kappa shape index (κ2) is 6.87. The molecule has 0 saturated carbocycles. The SMILES string of the molecule is CC1(C)CC(=O)C2=C(C1)N(c1ccc(Br)cn1)C(N)=C(C#N)[C@H]2c1ccsc1. The van der Waals surface area contributed by atoms with E-state index in [1.165, 1.54) is 0 Å². The van der Waals surface area contributed by atoms with Gasteiger partial charge in [0.25, 0.3) is 0 Å². The average Bonchev–Trinajstić information content (AvgIpc) is 3.15. The van der Waals surface area contributed by atoms with Crippen LogP contribution >= 0.6 is 27.3 Å². The summed E-state index contributed by atoms with van der Waals surface area (Å²) in [5.74, 6) is 0.611. The van der Waals surface area contributed by atoms with Crippen LogP contribution in [0.15, 0.2) is 62.3 Å². The number of hydrogen-bond acceptors (Lipinski definition) is 6. The fourth-order valence-electron chi connectivity index (χ4n) is 4.04. The molecule has 5 nitrogen and oxygen atoms in total. The standard InChI is InChI=1S/C21H19BrN4OS/c1-21(2)7-15-19(16(27)8-21)18(12-5-6-28-11-12)14(9-23)20(24)26(15)17-4-3-13(22)10-25-17/h3-6,10-11,18H,7-8,24H2,1-2H3/t18-/m1/s1. The molecule has 0 spiro atoms. The summed E-state index contributed by atoms with van der Waals surface area (Å²) in [5, 5.41) is 13.9. The zero-order chi connectivity index (χ0) is 20.1. The molecule has 0 saturated heterocycles. The molecule has 2 N–H and O–H groups in total. The number of thiophene rings is 1. The zero-order valence-corrected chi connectivity index (χ0v) is 18.0. The highest BCUT2D eigenvalue weighted by molar-refractivity contribution is 9.10. The molecular formula is C21H19BrN4OS. The Morgan fingerprint density at radius 3 is 2.75 bits per heavy atom. The summed E-state index contributed by atoms with van der Waals surface area (Å²) in [6.45, 7) is 4.17. The number of nitrogens with zero attached hydrogens (tertiary/aromatic N) is 3. The van der Waals surface area contributed by atoms with E-state index in [1.54, 1.807) is 22.4 Å². The van der Waals surface area contributed by atoms with Crippen molar-refractivity contribution < 1.29 is 4.79 Å². The molecule has 0 unspecified atom stereocenters. The van der Waals surface area contributed by atoms with Crippen LogP contribution in [0.5, 0.6) is 0 Å². The van der Waals surface area contributed by atoms with Crippen molar-refractivity contribution in [3.63, 3.8) is 0 Å². The quantitative estimate of drug-likeness (QED) is 0.700. The van der Waals surface area contributed by atoms with Gasteiger partial charge in [0.1, 0.15) is 11.6 Å². The predicted octanol–water partition coefficient (Wildman–Crippen LogP) is 4.85. The number of aromatic nitrogens is 1. The van der Waals surface area contributed by atoms with Crippen LogP contribution in [0.2, 0.25) is 0 Å². The van der Waals surface area contributed by atoms with Crippen LogP contribution in [0.4, 0.5) is 5.82 Å². The summed E-state index contributed by atoms with van der Waals surface area (Å²) in [6.07, 6.45) is 2.83. The Kier molecular flexibility index (Phi) is 4.64. The van der Waals surface area contributed by atoms with Gasteiger partial charge < -0.3 is 5.73 Å². The number of hydrogen-bond donors (Lipinski definition) is 1. The van der Waals surface area contributed by atoms with Crippen LogP contribution in [0.3, 0.4) is 0 Å². The van der Waals surface area contributed by atoms with Crippen LogP contribution in [-0.2, 0) is 4.79 Å². The number of nitriles is 1. The van der Waals surface area contributed by atoms with Crippen molar-refractivity contribution in [3.05, 3.63) is 67.9 Å². The van der Waals surface area contributed by atoms with Crippen LogP contribution in [-0.4, -0.2) is 10.8 Å². The topological polar surface area (TPSA) is 83.0 Å². The van der Waals surface area contributed by atoms with E-state index in [2.05, 4.69) is 40.8 Å². The fraction of sp³-hybridized carbons (Fsp3) is 0.286. The van der Waals surface area contributed by atoms with Gasteiger partial charge in [-0.25, -0.2) is 4.98 Å². The third-order valence-corrected chi connectivity index (χ3v) is 6.37. The average molecular weight is 455 g/mol. The van der Waals surface area contributed by atoms with E-state index in [-0.39, 0.29) is 11.2 Å². The third kappa shape index (κ3) is 3.07. The molecule has 1 atom stereocenters. The fourth-order valence-corrected chi connectivity index (χ4v) is 4.96. The van der Waals surface area contributed by atoms with Crippen molar-refractivity contribution in [1.82, 2.24) is 4.98 Å². The molecule has 4 rings (SSSR count). The van der Waals surface area contributed by atoms with E-state index in [9.17, 15) is 10.1 Å². The van der Waals surface area contributed by atoms with Crippen molar-refractivity contribution >= 4 is 38.9 Å². The maximum atomic E-state index is 13.3. The Balaban J connectivity index is 1.99. The molecule has 3 heterocycles. The van der Waals surface area contributed by atoms with Crippen LogP contribution in [0, 0.1) is 16.7 Å². The molecular weight excluding hydrogens is 436 g/mol. The van der Waals surface area contributed by atoms with Crippen molar-refractivity contribution in [2.45, 2.75) is 32.6 Å². The maximum absolute atomic E-state index is 13.3. The normalized spacial score (nSPS) is 21.6. The smallest absolute Gasteiger partial charge is 0.162 e. The van der Waals surface area contributed by atoms with E-state index in [0.29, 0.717) is 35.6 Å². The number of anilines is 1. The first-order valence-corrected chi connectivity index (χ1v) is 10.7. The predicted molar refractivity (Wildman–Crippen MR) is 113 cm³/mol. The minimum absolute atomic E-state index is 0.0739. The molecule has 1 aliphatic heterocycles. The van der Waals surface area contributed by atoms with Crippen molar-refractivity contribution in [3.8, 4) is 6.07 Å². The number of pyridine rings is 1. The Bertz CT molecular complexity index is 1050. The lowest BCUT2D eigenvalue weighted by molar-refractivity contribution is -0.118. The van der Waals surface area contributed by atoms with E-state index in [1.807, 2.05) is 29.0 Å². The van der Waals surface area contributed by atoms with Crippen molar-refractivity contribution in [2.24, 2.45) is 11.1 Å². The molecule has 0 aromatic carbocycles. The summed E-state index contributed by atoms with van der Waals surface area (Å²) in [7, 11) is 0. The summed E-state index contributed by atoms with van der Waals surface area (Å²) in [6, 6.07) is 7.95. The molecule has 1 aliphatic carbocycles. The number of carbonyl (C=O) groups excluding carboxylic acids is 1. The number of Topliss-reactive ketones (excluding diaryl/α,β-unsaturated/α-hetero) is 1. The summed E-state index contributed by atoms with van der Waals surface area (Å²) < 4.78 is 0.849. The Hall–Kier alpha value is -2.43. The number of allylic oxidation sites excluding steroid dienone is 3. The van der Waals surface area contributed by atoms with Gasteiger partial charge in [0.15, 0.2) is 5.78 Å². The minimum atomic E-state index is -0.415. The minimum Gasteiger partial charge on any atom is -0.384 e. The molecule has 2 aromatic heterocycles. The first-order valence-electron chi connectivity index (χ1n) is 8.92. The Labute approximate surface area is 176 Å². The number of nitrogens with two attached hydrogens (primary N) is 1. The maximum Gasteiger partial charge on any atom is 0.162 e. The molecule has 142 valence electrons. The first-order chi connectivity index (χ1) is 13.3. The van der Waals surface area contributed by atoms with Crippen molar-refractivity contribution in [2.75, 3.05) is 4.90 Å². The van der Waals surface area contributed by atoms with E-state index < -0.39 is 5.92 Å². The number of carbonyl (C=O) groups is 1. The highest BCUT2D eigenvalue weighted by atomic mass is 79.9. The van der Waals surface area contributed by atoms with Crippen LogP contribution < -0.4 is 10.6 Å². The van der Waals surface area contributed by atoms with Gasteiger partial charge in [0.2, 0.25) is 0 Å². The van der Waals surface area contributed by atoms with Gasteiger partial charge in [-0.3, -0.25) is 9.69 Å². The number of ketones is 1. The second-order valence-corrected chi connectivity index (χ2v) is 9.57. The largest absolute Gasteiger partial charge is 0.384 e. The van der Waals surface area contributed by atoms with Gasteiger partial charge in [-0.05, 0) is 62.3 Å². The molecule has 7 heteroatoms. The van der Waals surface area contributed by atoms with Gasteiger partial charge in [0.05, 0.1) is 17.6 Å².